The molecule has 0 spiro atoms. The van der Waals surface area contributed by atoms with Crippen molar-refractivity contribution in [2.45, 2.75) is 19.9 Å². The molecule has 2 heterocycles. The molecule has 2 aromatic rings. The normalized spacial score (nSPS) is 18.2. The summed E-state index contributed by atoms with van der Waals surface area (Å²) in [6, 6.07) is 7.96. The van der Waals surface area contributed by atoms with Crippen molar-refractivity contribution in [3.05, 3.63) is 29.3 Å². The zero-order valence-corrected chi connectivity index (χ0v) is 13.6. The topological polar surface area (TPSA) is 53.5 Å². The van der Waals surface area contributed by atoms with Gasteiger partial charge in [0, 0.05) is 26.6 Å². The van der Waals surface area contributed by atoms with Gasteiger partial charge in [0.1, 0.15) is 5.01 Å². The van der Waals surface area contributed by atoms with Crippen LogP contribution in [0.1, 0.15) is 18.4 Å². The number of nitrogens with zero attached hydrogens (tertiary/aromatic N) is 3. The van der Waals surface area contributed by atoms with Gasteiger partial charge in [0.15, 0.2) is 0 Å². The molecular formula is C16H19N3O2S. The molecule has 0 aliphatic carbocycles. The van der Waals surface area contributed by atoms with E-state index in [1.54, 1.807) is 28.2 Å². The summed E-state index contributed by atoms with van der Waals surface area (Å²) in [7, 11) is 1.79. The number of para-hydroxylation sites is 1. The van der Waals surface area contributed by atoms with Crippen molar-refractivity contribution in [1.82, 2.24) is 14.8 Å². The Morgan fingerprint density at radius 3 is 2.91 bits per heavy atom. The molecule has 1 fully saturated rings. The molecule has 1 aromatic carbocycles. The number of amides is 2. The van der Waals surface area contributed by atoms with Crippen LogP contribution in [0.2, 0.25) is 0 Å². The summed E-state index contributed by atoms with van der Waals surface area (Å²) in [6.45, 7) is 3.65. The molecule has 1 atom stereocenters. The van der Waals surface area contributed by atoms with E-state index < -0.39 is 0 Å². The van der Waals surface area contributed by atoms with Gasteiger partial charge in [-0.05, 0) is 19.1 Å². The molecule has 5 nitrogen and oxygen atoms in total. The van der Waals surface area contributed by atoms with Gasteiger partial charge in [0.25, 0.3) is 0 Å². The lowest BCUT2D eigenvalue weighted by Crippen LogP contribution is -2.34. The summed E-state index contributed by atoms with van der Waals surface area (Å²) < 4.78 is 1.13. The van der Waals surface area contributed by atoms with Crippen molar-refractivity contribution < 1.29 is 9.59 Å². The van der Waals surface area contributed by atoms with Gasteiger partial charge in [-0.1, -0.05) is 12.1 Å². The van der Waals surface area contributed by atoms with Gasteiger partial charge in [0.05, 0.1) is 22.7 Å². The van der Waals surface area contributed by atoms with E-state index in [0.717, 1.165) is 15.2 Å². The lowest BCUT2D eigenvalue weighted by Gasteiger charge is -2.20. The van der Waals surface area contributed by atoms with Crippen LogP contribution in [-0.2, 0) is 16.1 Å². The maximum absolute atomic E-state index is 12.5. The Hall–Kier alpha value is -1.95. The highest BCUT2D eigenvalue weighted by atomic mass is 32.1. The average Bonchev–Trinajstić information content (AvgIpc) is 3.08. The summed E-state index contributed by atoms with van der Waals surface area (Å²) in [4.78, 5) is 32.2. The number of carbonyl (C=O) groups excluding carboxylic acids is 2. The Morgan fingerprint density at radius 1 is 1.45 bits per heavy atom. The number of thiazole rings is 1. The molecule has 0 unspecified atom stereocenters. The van der Waals surface area contributed by atoms with Crippen LogP contribution >= 0.6 is 11.3 Å². The van der Waals surface area contributed by atoms with Crippen LogP contribution in [0.5, 0.6) is 0 Å². The number of likely N-dealkylation sites (tertiary alicyclic amines) is 1. The van der Waals surface area contributed by atoms with Gasteiger partial charge in [-0.15, -0.1) is 11.3 Å². The standard InChI is InChI=1S/C16H19N3O2S/c1-3-19-9-11(8-15(19)20)16(21)18(2)10-14-17-12-6-4-5-7-13(12)22-14/h4-7,11H,3,8-10H2,1-2H3/t11-/m1/s1. The summed E-state index contributed by atoms with van der Waals surface area (Å²) in [5.74, 6) is -0.107. The fourth-order valence-electron chi connectivity index (χ4n) is 2.82. The molecule has 1 aliphatic heterocycles. The van der Waals surface area contributed by atoms with Crippen LogP contribution in [0.25, 0.3) is 10.2 Å². The minimum atomic E-state index is -0.216. The van der Waals surface area contributed by atoms with E-state index >= 15 is 0 Å². The number of hydrogen-bond acceptors (Lipinski definition) is 4. The highest BCUT2D eigenvalue weighted by molar-refractivity contribution is 7.18. The van der Waals surface area contributed by atoms with Gasteiger partial charge in [-0.3, -0.25) is 9.59 Å². The van der Waals surface area contributed by atoms with Gasteiger partial charge >= 0.3 is 0 Å². The molecule has 1 aliphatic rings. The minimum Gasteiger partial charge on any atom is -0.342 e. The molecule has 6 heteroatoms. The van der Waals surface area contributed by atoms with E-state index in [1.165, 1.54) is 0 Å². The highest BCUT2D eigenvalue weighted by Gasteiger charge is 2.34. The lowest BCUT2D eigenvalue weighted by molar-refractivity contribution is -0.135. The Kier molecular flexibility index (Phi) is 4.11. The summed E-state index contributed by atoms with van der Waals surface area (Å²) in [5, 5.41) is 0.925. The Morgan fingerprint density at radius 2 is 2.23 bits per heavy atom. The van der Waals surface area contributed by atoms with E-state index in [1.807, 2.05) is 31.2 Å². The van der Waals surface area contributed by atoms with E-state index in [9.17, 15) is 9.59 Å². The third-order valence-corrected chi connectivity index (χ3v) is 5.05. The fraction of sp³-hybridized carbons (Fsp3) is 0.438. The SMILES string of the molecule is CCN1C[C@H](C(=O)N(C)Cc2nc3ccccc3s2)CC1=O. The van der Waals surface area contributed by atoms with Gasteiger partial charge < -0.3 is 9.80 Å². The van der Waals surface area contributed by atoms with Crippen molar-refractivity contribution >= 4 is 33.4 Å². The Bertz CT molecular complexity index is 679. The predicted octanol–water partition coefficient (Wildman–Crippen LogP) is 2.12. The zero-order valence-electron chi connectivity index (χ0n) is 12.8. The number of aromatic nitrogens is 1. The van der Waals surface area contributed by atoms with Crippen LogP contribution in [0.4, 0.5) is 0 Å². The Labute approximate surface area is 133 Å². The highest BCUT2D eigenvalue weighted by Crippen LogP contribution is 2.24. The first-order valence-electron chi connectivity index (χ1n) is 7.45. The van der Waals surface area contributed by atoms with Crippen LogP contribution in [0, 0.1) is 5.92 Å². The van der Waals surface area contributed by atoms with E-state index in [-0.39, 0.29) is 17.7 Å². The number of fused-ring (bicyclic) bond motifs is 1. The molecular weight excluding hydrogens is 298 g/mol. The van der Waals surface area contributed by atoms with Gasteiger partial charge in [-0.2, -0.15) is 0 Å². The van der Waals surface area contributed by atoms with E-state index in [2.05, 4.69) is 4.98 Å². The first kappa shape index (κ1) is 15.0. The maximum Gasteiger partial charge on any atom is 0.228 e. The third kappa shape index (κ3) is 2.83. The first-order chi connectivity index (χ1) is 10.6. The fourth-order valence-corrected chi connectivity index (χ4v) is 3.84. The quantitative estimate of drug-likeness (QED) is 0.868. The third-order valence-electron chi connectivity index (χ3n) is 4.03. The molecule has 0 saturated carbocycles. The summed E-state index contributed by atoms with van der Waals surface area (Å²) >= 11 is 1.61. The average molecular weight is 317 g/mol. The van der Waals surface area contributed by atoms with Crippen molar-refractivity contribution in [2.75, 3.05) is 20.1 Å². The lowest BCUT2D eigenvalue weighted by atomic mass is 10.1. The van der Waals surface area contributed by atoms with Crippen LogP contribution in [0.3, 0.4) is 0 Å². The molecule has 0 bridgehead atoms. The molecule has 1 aromatic heterocycles. The number of rotatable bonds is 4. The van der Waals surface area contributed by atoms with Gasteiger partial charge in [0.2, 0.25) is 11.8 Å². The molecule has 0 N–H and O–H groups in total. The molecule has 3 rings (SSSR count). The Balaban J connectivity index is 1.67. The molecule has 22 heavy (non-hydrogen) atoms. The molecule has 0 radical (unpaired) electrons. The summed E-state index contributed by atoms with van der Waals surface area (Å²) in [6.07, 6.45) is 0.330. The second kappa shape index (κ2) is 6.04. The van der Waals surface area contributed by atoms with E-state index in [4.69, 9.17) is 0 Å². The van der Waals surface area contributed by atoms with Crippen LogP contribution < -0.4 is 0 Å². The monoisotopic (exact) mass is 317 g/mol. The number of carbonyl (C=O) groups is 2. The zero-order chi connectivity index (χ0) is 15.7. The van der Waals surface area contributed by atoms with Crippen molar-refractivity contribution in [1.29, 1.82) is 0 Å². The van der Waals surface area contributed by atoms with Crippen molar-refractivity contribution in [3.8, 4) is 0 Å². The van der Waals surface area contributed by atoms with Crippen LogP contribution in [-0.4, -0.2) is 46.7 Å². The van der Waals surface area contributed by atoms with Gasteiger partial charge in [-0.25, -0.2) is 4.98 Å². The summed E-state index contributed by atoms with van der Waals surface area (Å²) in [5.41, 5.74) is 0.969. The second-order valence-corrected chi connectivity index (χ2v) is 6.72. The first-order valence-corrected chi connectivity index (χ1v) is 8.27. The van der Waals surface area contributed by atoms with Crippen LogP contribution in [0.15, 0.2) is 24.3 Å². The van der Waals surface area contributed by atoms with Crippen molar-refractivity contribution in [3.63, 3.8) is 0 Å². The number of benzene rings is 1. The van der Waals surface area contributed by atoms with Crippen molar-refractivity contribution in [2.24, 2.45) is 5.92 Å². The smallest absolute Gasteiger partial charge is 0.228 e. The van der Waals surface area contributed by atoms with E-state index in [0.29, 0.717) is 26.1 Å². The largest absolute Gasteiger partial charge is 0.342 e. The molecule has 116 valence electrons. The second-order valence-electron chi connectivity index (χ2n) is 5.60. The molecule has 1 saturated heterocycles. The maximum atomic E-state index is 12.5. The minimum absolute atomic E-state index is 0.0311. The molecule has 2 amide bonds. The predicted molar refractivity (Wildman–Crippen MR) is 86.5 cm³/mol. The number of hydrogen-bond donors (Lipinski definition) is 0.